The zero-order valence-electron chi connectivity index (χ0n) is 8.41. The number of hydrogen-bond donors (Lipinski definition) is 0. The van der Waals surface area contributed by atoms with Gasteiger partial charge in [0.05, 0.1) is 0 Å². The van der Waals surface area contributed by atoms with E-state index in [1.54, 1.807) is 14.2 Å². The van der Waals surface area contributed by atoms with Crippen molar-refractivity contribution in [3.63, 3.8) is 0 Å². The second kappa shape index (κ2) is 5.72. The van der Waals surface area contributed by atoms with E-state index in [9.17, 15) is 0 Å². The molecule has 0 N–H and O–H groups in total. The van der Waals surface area contributed by atoms with Crippen molar-refractivity contribution >= 4 is 9.28 Å². The Morgan fingerprint density at radius 3 is 2.54 bits per heavy atom. The van der Waals surface area contributed by atoms with E-state index in [0.29, 0.717) is 0 Å². The van der Waals surface area contributed by atoms with Gasteiger partial charge in [-0.2, -0.15) is 0 Å². The molecule has 13 heavy (non-hydrogen) atoms. The fourth-order valence-electron chi connectivity index (χ4n) is 1.07. The third kappa shape index (κ3) is 3.74. The number of hydrogen-bond acceptors (Lipinski definition) is 4. The van der Waals surface area contributed by atoms with Crippen LogP contribution in [0.4, 0.5) is 0 Å². The normalized spacial score (nSPS) is 26.8. The van der Waals surface area contributed by atoms with Gasteiger partial charge >= 0.3 is 9.28 Å². The van der Waals surface area contributed by atoms with Crippen molar-refractivity contribution in [3.05, 3.63) is 0 Å². The number of rotatable bonds is 7. The maximum atomic E-state index is 5.39. The predicted molar refractivity (Wildman–Crippen MR) is 49.5 cm³/mol. The molecule has 0 aromatic rings. The molecule has 1 saturated heterocycles. The molecule has 1 fully saturated rings. The Balaban J connectivity index is 2.05. The lowest BCUT2D eigenvalue weighted by atomic mass is 10.5. The second-order valence-corrected chi connectivity index (χ2v) is 4.87. The molecule has 0 bridgehead atoms. The molecule has 0 amide bonds. The summed E-state index contributed by atoms with van der Waals surface area (Å²) < 4.78 is 21.0. The van der Waals surface area contributed by atoms with E-state index >= 15 is 0 Å². The molecule has 77 valence electrons. The van der Waals surface area contributed by atoms with E-state index < -0.39 is 9.28 Å². The van der Waals surface area contributed by atoms with Crippen LogP contribution in [0.25, 0.3) is 0 Å². The Kier molecular flexibility index (Phi) is 4.90. The van der Waals surface area contributed by atoms with Crippen molar-refractivity contribution in [3.8, 4) is 0 Å². The highest BCUT2D eigenvalue weighted by atomic mass is 28.3. The lowest BCUT2D eigenvalue weighted by Gasteiger charge is -2.06. The molecule has 1 rings (SSSR count). The summed E-state index contributed by atoms with van der Waals surface area (Å²) in [5, 5.41) is 0. The Bertz CT molecular complexity index is 140. The quantitative estimate of drug-likeness (QED) is 0.458. The van der Waals surface area contributed by atoms with Crippen LogP contribution >= 0.6 is 0 Å². The molecule has 0 saturated carbocycles. The molecule has 0 spiro atoms. The van der Waals surface area contributed by atoms with Crippen molar-refractivity contribution in [2.24, 2.45) is 0 Å². The first kappa shape index (κ1) is 11.1. The monoisotopic (exact) mass is 205 g/mol. The molecule has 4 nitrogen and oxygen atoms in total. The fourth-order valence-corrected chi connectivity index (χ4v) is 2.18. The molecular formula is C8H17O4Si. The topological polar surface area (TPSA) is 40.2 Å². The van der Waals surface area contributed by atoms with Crippen LogP contribution in [-0.2, 0) is 18.3 Å². The first-order chi connectivity index (χ1) is 6.31. The maximum Gasteiger partial charge on any atom is 0.386 e. The summed E-state index contributed by atoms with van der Waals surface area (Å²) in [6, 6.07) is 0.839. The van der Waals surface area contributed by atoms with Gasteiger partial charge in [-0.25, -0.2) is 0 Å². The molecule has 0 aliphatic carbocycles. The van der Waals surface area contributed by atoms with E-state index in [4.69, 9.17) is 18.3 Å². The molecule has 0 aromatic carbocycles. The third-order valence-electron chi connectivity index (χ3n) is 1.85. The molecule has 1 radical (unpaired) electrons. The van der Waals surface area contributed by atoms with Crippen LogP contribution < -0.4 is 0 Å². The van der Waals surface area contributed by atoms with Gasteiger partial charge in [0, 0.05) is 26.9 Å². The van der Waals surface area contributed by atoms with Gasteiger partial charge in [-0.15, -0.1) is 0 Å². The average Bonchev–Trinajstić information content (AvgIpc) is 2.89. The zero-order chi connectivity index (χ0) is 9.68. The summed E-state index contributed by atoms with van der Waals surface area (Å²) in [7, 11) is 2.22. The minimum absolute atomic E-state index is 0.00903. The van der Waals surface area contributed by atoms with Crippen LogP contribution in [0.15, 0.2) is 0 Å². The minimum Gasteiger partial charge on any atom is -0.397 e. The van der Waals surface area contributed by atoms with Gasteiger partial charge in [0.2, 0.25) is 0 Å². The van der Waals surface area contributed by atoms with Crippen LogP contribution in [0.2, 0.25) is 6.04 Å². The summed E-state index contributed by atoms with van der Waals surface area (Å²) in [4.78, 5) is 0. The highest BCUT2D eigenvalue weighted by Gasteiger charge is 2.42. The van der Waals surface area contributed by atoms with E-state index in [1.807, 2.05) is 0 Å². The van der Waals surface area contributed by atoms with Crippen LogP contribution in [0.1, 0.15) is 13.3 Å². The summed E-state index contributed by atoms with van der Waals surface area (Å²) in [5.74, 6) is 0. The standard InChI is InChI=1S/C8H17O4Si/c1-4-5-11-8-7(12-8)6-13(9-2)10-3/h7-8H,4-6H2,1-3H3. The molecular weight excluding hydrogens is 188 g/mol. The lowest BCUT2D eigenvalue weighted by molar-refractivity contribution is 0.0507. The predicted octanol–water partition coefficient (Wildman–Crippen LogP) is 0.919. The molecule has 0 aromatic heterocycles. The minimum atomic E-state index is -1.12. The number of ether oxygens (including phenoxy) is 2. The Hall–Kier alpha value is 0.0569. The number of epoxide rings is 1. The van der Waals surface area contributed by atoms with Crippen LogP contribution in [0.3, 0.4) is 0 Å². The Labute approximate surface area is 81.0 Å². The Morgan fingerprint density at radius 1 is 1.31 bits per heavy atom. The maximum absolute atomic E-state index is 5.39. The summed E-state index contributed by atoms with van der Waals surface area (Å²) in [5.41, 5.74) is 0. The van der Waals surface area contributed by atoms with Gasteiger partial charge < -0.3 is 18.3 Å². The molecule has 1 aliphatic heterocycles. The first-order valence-electron chi connectivity index (χ1n) is 4.52. The van der Waals surface area contributed by atoms with Gasteiger partial charge in [-0.05, 0) is 6.42 Å². The van der Waals surface area contributed by atoms with Gasteiger partial charge in [0.25, 0.3) is 0 Å². The van der Waals surface area contributed by atoms with Crippen molar-refractivity contribution in [2.45, 2.75) is 31.8 Å². The Morgan fingerprint density at radius 2 is 2.00 bits per heavy atom. The van der Waals surface area contributed by atoms with Gasteiger partial charge in [0.15, 0.2) is 6.29 Å². The molecule has 1 heterocycles. The second-order valence-electron chi connectivity index (χ2n) is 2.90. The highest BCUT2D eigenvalue weighted by Crippen LogP contribution is 2.28. The van der Waals surface area contributed by atoms with Crippen LogP contribution in [-0.4, -0.2) is 42.5 Å². The summed E-state index contributed by atoms with van der Waals surface area (Å²) in [6.07, 6.45) is 1.21. The first-order valence-corrected chi connectivity index (χ1v) is 6.05. The van der Waals surface area contributed by atoms with Crippen molar-refractivity contribution in [1.29, 1.82) is 0 Å². The lowest BCUT2D eigenvalue weighted by Crippen LogP contribution is -2.21. The fraction of sp³-hybridized carbons (Fsp3) is 1.00. The molecule has 2 atom stereocenters. The van der Waals surface area contributed by atoms with Gasteiger partial charge in [0.1, 0.15) is 6.10 Å². The van der Waals surface area contributed by atoms with Crippen LogP contribution in [0, 0.1) is 0 Å². The van der Waals surface area contributed by atoms with Gasteiger partial charge in [-0.1, -0.05) is 6.92 Å². The van der Waals surface area contributed by atoms with E-state index in [-0.39, 0.29) is 12.4 Å². The van der Waals surface area contributed by atoms with E-state index in [2.05, 4.69) is 6.92 Å². The SMILES string of the molecule is CCCOC1OC1C[Si](OC)OC. The molecule has 1 aliphatic rings. The highest BCUT2D eigenvalue weighted by molar-refractivity contribution is 6.44. The van der Waals surface area contributed by atoms with E-state index in [1.165, 1.54) is 0 Å². The summed E-state index contributed by atoms with van der Waals surface area (Å²) in [6.45, 7) is 2.85. The van der Waals surface area contributed by atoms with Gasteiger partial charge in [-0.3, -0.25) is 0 Å². The average molecular weight is 205 g/mol. The third-order valence-corrected chi connectivity index (χ3v) is 3.49. The molecule has 5 heteroatoms. The van der Waals surface area contributed by atoms with E-state index in [0.717, 1.165) is 19.1 Å². The van der Waals surface area contributed by atoms with Crippen molar-refractivity contribution in [1.82, 2.24) is 0 Å². The smallest absolute Gasteiger partial charge is 0.386 e. The van der Waals surface area contributed by atoms with Crippen molar-refractivity contribution in [2.75, 3.05) is 20.8 Å². The summed E-state index contributed by atoms with van der Waals surface area (Å²) >= 11 is 0. The van der Waals surface area contributed by atoms with Crippen LogP contribution in [0.5, 0.6) is 0 Å². The zero-order valence-corrected chi connectivity index (χ0v) is 9.41. The van der Waals surface area contributed by atoms with Crippen molar-refractivity contribution < 1.29 is 18.3 Å². The largest absolute Gasteiger partial charge is 0.397 e. The molecule has 2 unspecified atom stereocenters.